The maximum Gasteiger partial charge on any atom is 0.238 e. The van der Waals surface area contributed by atoms with E-state index in [1.807, 2.05) is 0 Å². The van der Waals surface area contributed by atoms with Crippen LogP contribution in [0.3, 0.4) is 0 Å². The Morgan fingerprint density at radius 2 is 1.95 bits per heavy atom. The van der Waals surface area contributed by atoms with Crippen molar-refractivity contribution in [3.63, 3.8) is 0 Å². The predicted octanol–water partition coefficient (Wildman–Crippen LogP) is 3.66. The summed E-state index contributed by atoms with van der Waals surface area (Å²) < 4.78 is 0. The molecule has 2 atom stereocenters. The first-order valence-corrected chi connectivity index (χ1v) is 7.85. The highest BCUT2D eigenvalue weighted by molar-refractivity contribution is 6.43. The van der Waals surface area contributed by atoms with Gasteiger partial charge in [-0.2, -0.15) is 0 Å². The number of hydrogen-bond acceptors (Lipinski definition) is 2. The van der Waals surface area contributed by atoms with E-state index < -0.39 is 0 Å². The number of amides is 1. The van der Waals surface area contributed by atoms with E-state index in [0.29, 0.717) is 22.3 Å². The van der Waals surface area contributed by atoms with Crippen molar-refractivity contribution in [3.05, 3.63) is 28.2 Å². The van der Waals surface area contributed by atoms with Crippen molar-refractivity contribution in [2.75, 3.05) is 25.0 Å². The van der Waals surface area contributed by atoms with Gasteiger partial charge in [0.15, 0.2) is 0 Å². The van der Waals surface area contributed by atoms with Crippen LogP contribution in [0.25, 0.3) is 0 Å². The van der Waals surface area contributed by atoms with E-state index in [9.17, 15) is 4.79 Å². The molecule has 1 aromatic carbocycles. The van der Waals surface area contributed by atoms with Crippen molar-refractivity contribution in [1.82, 2.24) is 4.90 Å². The first-order chi connectivity index (χ1) is 9.63. The summed E-state index contributed by atoms with van der Waals surface area (Å²) in [4.78, 5) is 14.3. The van der Waals surface area contributed by atoms with Gasteiger partial charge >= 0.3 is 0 Å². The lowest BCUT2D eigenvalue weighted by atomic mass is 10.0. The van der Waals surface area contributed by atoms with Gasteiger partial charge in [0, 0.05) is 13.1 Å². The second-order valence-corrected chi connectivity index (χ2v) is 6.58. The molecule has 1 aromatic rings. The van der Waals surface area contributed by atoms with Gasteiger partial charge in [-0.3, -0.25) is 9.69 Å². The molecular weight excluding hydrogens is 295 g/mol. The van der Waals surface area contributed by atoms with E-state index in [1.54, 1.807) is 18.2 Å². The van der Waals surface area contributed by atoms with Crippen molar-refractivity contribution in [1.29, 1.82) is 0 Å². The molecule has 2 fully saturated rings. The molecule has 3 rings (SSSR count). The van der Waals surface area contributed by atoms with Gasteiger partial charge in [-0.05, 0) is 36.8 Å². The van der Waals surface area contributed by atoms with E-state index in [-0.39, 0.29) is 5.91 Å². The topological polar surface area (TPSA) is 32.3 Å². The Bertz CT molecular complexity index is 509. The molecule has 1 amide bonds. The fourth-order valence-electron chi connectivity index (χ4n) is 3.45. The standard InChI is InChI=1S/C15H18Cl2N2O/c16-12-5-2-6-13(15(12)17)18-14(20)9-19-7-10-3-1-4-11(10)8-19/h2,5-6,10-11H,1,3-4,7-9H2,(H,18,20). The van der Waals surface area contributed by atoms with Gasteiger partial charge in [0.1, 0.15) is 0 Å². The van der Waals surface area contributed by atoms with E-state index >= 15 is 0 Å². The fourth-order valence-corrected chi connectivity index (χ4v) is 3.80. The van der Waals surface area contributed by atoms with Gasteiger partial charge in [-0.15, -0.1) is 0 Å². The Kier molecular flexibility index (Phi) is 4.20. The van der Waals surface area contributed by atoms with Crippen LogP contribution in [0.15, 0.2) is 18.2 Å². The lowest BCUT2D eigenvalue weighted by Gasteiger charge is -2.16. The molecule has 1 saturated carbocycles. The maximum atomic E-state index is 12.1. The monoisotopic (exact) mass is 312 g/mol. The normalized spacial score (nSPS) is 25.7. The van der Waals surface area contributed by atoms with Gasteiger partial charge in [0.25, 0.3) is 0 Å². The number of rotatable bonds is 3. The van der Waals surface area contributed by atoms with Crippen LogP contribution in [0.5, 0.6) is 0 Å². The number of halogens is 2. The third-order valence-corrected chi connectivity index (χ3v) is 5.21. The van der Waals surface area contributed by atoms with Crippen molar-refractivity contribution < 1.29 is 4.79 Å². The molecule has 0 aromatic heterocycles. The van der Waals surface area contributed by atoms with E-state index in [0.717, 1.165) is 24.9 Å². The number of anilines is 1. The SMILES string of the molecule is O=C(CN1CC2CCCC2C1)Nc1cccc(Cl)c1Cl. The van der Waals surface area contributed by atoms with E-state index in [2.05, 4.69) is 10.2 Å². The number of nitrogens with zero attached hydrogens (tertiary/aromatic N) is 1. The zero-order valence-electron chi connectivity index (χ0n) is 11.2. The van der Waals surface area contributed by atoms with Crippen LogP contribution < -0.4 is 5.32 Å². The Labute approximate surface area is 129 Å². The average molecular weight is 313 g/mol. The van der Waals surface area contributed by atoms with Gasteiger partial charge < -0.3 is 5.32 Å². The zero-order valence-corrected chi connectivity index (χ0v) is 12.8. The molecular formula is C15H18Cl2N2O. The first kappa shape index (κ1) is 14.2. The number of nitrogens with one attached hydrogen (secondary N) is 1. The molecule has 0 spiro atoms. The Morgan fingerprint density at radius 3 is 2.65 bits per heavy atom. The smallest absolute Gasteiger partial charge is 0.238 e. The number of hydrogen-bond donors (Lipinski definition) is 1. The van der Waals surface area contributed by atoms with Crippen molar-refractivity contribution in [3.8, 4) is 0 Å². The minimum atomic E-state index is -0.0193. The molecule has 20 heavy (non-hydrogen) atoms. The predicted molar refractivity (Wildman–Crippen MR) is 82.4 cm³/mol. The van der Waals surface area contributed by atoms with E-state index in [4.69, 9.17) is 23.2 Å². The Balaban J connectivity index is 1.56. The van der Waals surface area contributed by atoms with Crippen LogP contribution >= 0.6 is 23.2 Å². The lowest BCUT2D eigenvalue weighted by molar-refractivity contribution is -0.117. The third-order valence-electron chi connectivity index (χ3n) is 4.39. The van der Waals surface area contributed by atoms with Gasteiger partial charge in [-0.25, -0.2) is 0 Å². The van der Waals surface area contributed by atoms with Crippen molar-refractivity contribution >= 4 is 34.8 Å². The number of fused-ring (bicyclic) bond motifs is 1. The van der Waals surface area contributed by atoms with Crippen LogP contribution in [0, 0.1) is 11.8 Å². The summed E-state index contributed by atoms with van der Waals surface area (Å²) in [6.45, 7) is 2.55. The summed E-state index contributed by atoms with van der Waals surface area (Å²) in [5.74, 6) is 1.59. The zero-order chi connectivity index (χ0) is 14.1. The highest BCUT2D eigenvalue weighted by Gasteiger charge is 2.36. The molecule has 3 nitrogen and oxygen atoms in total. The largest absolute Gasteiger partial charge is 0.324 e. The number of carbonyl (C=O) groups excluding carboxylic acids is 1. The summed E-state index contributed by atoms with van der Waals surface area (Å²) in [6.07, 6.45) is 4.00. The Hall–Kier alpha value is -0.770. The van der Waals surface area contributed by atoms with Crippen molar-refractivity contribution in [2.24, 2.45) is 11.8 Å². The molecule has 1 saturated heterocycles. The second-order valence-electron chi connectivity index (χ2n) is 5.79. The lowest BCUT2D eigenvalue weighted by Crippen LogP contribution is -2.32. The highest BCUT2D eigenvalue weighted by Crippen LogP contribution is 2.37. The van der Waals surface area contributed by atoms with Crippen LogP contribution in [0.2, 0.25) is 10.0 Å². The molecule has 1 aliphatic heterocycles. The van der Waals surface area contributed by atoms with Crippen molar-refractivity contribution in [2.45, 2.75) is 19.3 Å². The molecule has 2 unspecified atom stereocenters. The van der Waals surface area contributed by atoms with Gasteiger partial charge in [0.2, 0.25) is 5.91 Å². The second kappa shape index (κ2) is 5.92. The van der Waals surface area contributed by atoms with Crippen LogP contribution in [0.4, 0.5) is 5.69 Å². The van der Waals surface area contributed by atoms with E-state index in [1.165, 1.54) is 19.3 Å². The molecule has 108 valence electrons. The summed E-state index contributed by atoms with van der Waals surface area (Å²) >= 11 is 12.0. The summed E-state index contributed by atoms with van der Waals surface area (Å²) in [5.41, 5.74) is 0.587. The summed E-state index contributed by atoms with van der Waals surface area (Å²) in [7, 11) is 0. The summed E-state index contributed by atoms with van der Waals surface area (Å²) in [5, 5.41) is 3.71. The first-order valence-electron chi connectivity index (χ1n) is 7.09. The molecule has 1 aliphatic carbocycles. The van der Waals surface area contributed by atoms with Gasteiger partial charge in [0.05, 0.1) is 22.3 Å². The molecule has 1 heterocycles. The highest BCUT2D eigenvalue weighted by atomic mass is 35.5. The fraction of sp³-hybridized carbons (Fsp3) is 0.533. The molecule has 0 radical (unpaired) electrons. The molecule has 0 bridgehead atoms. The quantitative estimate of drug-likeness (QED) is 0.923. The molecule has 1 N–H and O–H groups in total. The minimum absolute atomic E-state index is 0.0193. The molecule has 2 aliphatic rings. The number of carbonyl (C=O) groups is 1. The third kappa shape index (κ3) is 2.95. The minimum Gasteiger partial charge on any atom is -0.324 e. The Morgan fingerprint density at radius 1 is 1.25 bits per heavy atom. The maximum absolute atomic E-state index is 12.1. The summed E-state index contributed by atoms with van der Waals surface area (Å²) in [6, 6.07) is 5.26. The van der Waals surface area contributed by atoms with Gasteiger partial charge in [-0.1, -0.05) is 35.7 Å². The molecule has 5 heteroatoms. The average Bonchev–Trinajstić information content (AvgIpc) is 2.95. The number of likely N-dealkylation sites (tertiary alicyclic amines) is 1. The van der Waals surface area contributed by atoms with Crippen LogP contribution in [0.1, 0.15) is 19.3 Å². The van der Waals surface area contributed by atoms with Crippen LogP contribution in [-0.2, 0) is 4.79 Å². The number of benzene rings is 1. The van der Waals surface area contributed by atoms with Crippen LogP contribution in [-0.4, -0.2) is 30.4 Å².